The maximum Gasteiger partial charge on any atom is 0.164 e. The smallest absolute Gasteiger partial charge is 0.164 e. The topological polar surface area (TPSA) is 65.0 Å². The van der Waals surface area contributed by atoms with Crippen LogP contribution in [-0.2, 0) is 6.42 Å². The van der Waals surface area contributed by atoms with E-state index in [2.05, 4.69) is 127 Å². The molecular weight excluding hydrogens is 711 g/mol. The van der Waals surface area contributed by atoms with Crippen molar-refractivity contribution in [3.8, 4) is 56.4 Å². The van der Waals surface area contributed by atoms with Crippen LogP contribution in [0.5, 0.6) is 0 Å². The molecule has 0 aliphatic heterocycles. The zero-order valence-corrected chi connectivity index (χ0v) is 31.3. The summed E-state index contributed by atoms with van der Waals surface area (Å²) < 4.78 is 12.6. The maximum atomic E-state index is 6.32. The highest BCUT2D eigenvalue weighted by Crippen LogP contribution is 2.42. The summed E-state index contributed by atoms with van der Waals surface area (Å²) in [5.74, 6) is 1.80. The average molecular weight is 744 g/mol. The van der Waals surface area contributed by atoms with Crippen LogP contribution < -0.4 is 0 Å². The molecule has 11 aromatic rings. The van der Waals surface area contributed by atoms with E-state index in [9.17, 15) is 0 Å². The number of rotatable bonds is 5. The van der Waals surface area contributed by atoms with Crippen molar-refractivity contribution in [2.45, 2.75) is 12.8 Å². The molecular formula is C53H33N3O2. The van der Waals surface area contributed by atoms with Crippen LogP contribution in [0.25, 0.3) is 117 Å². The van der Waals surface area contributed by atoms with E-state index in [0.717, 1.165) is 95.3 Å². The summed E-state index contributed by atoms with van der Waals surface area (Å²) in [6.45, 7) is 0. The lowest BCUT2D eigenvalue weighted by Gasteiger charge is -2.15. The summed E-state index contributed by atoms with van der Waals surface area (Å²) in [6, 6.07) is 56.9. The van der Waals surface area contributed by atoms with E-state index in [-0.39, 0.29) is 0 Å². The lowest BCUT2D eigenvalue weighted by molar-refractivity contribution is 0.668. The highest BCUT2D eigenvalue weighted by molar-refractivity contribution is 6.16. The van der Waals surface area contributed by atoms with Crippen LogP contribution in [0.15, 0.2) is 179 Å². The number of hydrogen-bond donors (Lipinski definition) is 0. The molecule has 0 fully saturated rings. The molecule has 0 radical (unpaired) electrons. The number of allylic oxidation sites excluding steroid dienone is 1. The van der Waals surface area contributed by atoms with Crippen molar-refractivity contribution in [3.05, 3.63) is 181 Å². The summed E-state index contributed by atoms with van der Waals surface area (Å²) in [5.41, 5.74) is 13.4. The fourth-order valence-corrected chi connectivity index (χ4v) is 8.96. The number of para-hydroxylation sites is 2. The van der Waals surface area contributed by atoms with Gasteiger partial charge in [0, 0.05) is 38.2 Å². The van der Waals surface area contributed by atoms with E-state index in [1.807, 2.05) is 48.5 Å². The van der Waals surface area contributed by atoms with Gasteiger partial charge in [0.2, 0.25) is 0 Å². The molecule has 5 nitrogen and oxygen atoms in total. The van der Waals surface area contributed by atoms with Crippen LogP contribution >= 0.6 is 0 Å². The largest absolute Gasteiger partial charge is 0.456 e. The Balaban J connectivity index is 1.06. The van der Waals surface area contributed by atoms with Crippen LogP contribution in [0.3, 0.4) is 0 Å². The molecule has 0 bridgehead atoms. The molecule has 0 N–H and O–H groups in total. The van der Waals surface area contributed by atoms with Gasteiger partial charge in [-0.2, -0.15) is 0 Å². The number of nitrogens with zero attached hydrogens (tertiary/aromatic N) is 3. The van der Waals surface area contributed by atoms with Gasteiger partial charge in [0.25, 0.3) is 0 Å². The summed E-state index contributed by atoms with van der Waals surface area (Å²) in [6.07, 6.45) is 6.68. The van der Waals surface area contributed by atoms with Gasteiger partial charge in [-0.05, 0) is 81.3 Å². The molecule has 12 rings (SSSR count). The predicted molar refractivity (Wildman–Crippen MR) is 236 cm³/mol. The lowest BCUT2D eigenvalue weighted by Crippen LogP contribution is -2.01. The molecule has 1 aliphatic carbocycles. The maximum absolute atomic E-state index is 6.32. The molecule has 58 heavy (non-hydrogen) atoms. The lowest BCUT2D eigenvalue weighted by atomic mass is 9.90. The van der Waals surface area contributed by atoms with Gasteiger partial charge in [-0.3, -0.25) is 0 Å². The fourth-order valence-electron chi connectivity index (χ4n) is 8.96. The first kappa shape index (κ1) is 32.6. The first-order valence-electron chi connectivity index (χ1n) is 19.7. The minimum Gasteiger partial charge on any atom is -0.456 e. The van der Waals surface area contributed by atoms with Crippen molar-refractivity contribution in [2.75, 3.05) is 0 Å². The fraction of sp³-hybridized carbons (Fsp3) is 0.0377. The second-order valence-electron chi connectivity index (χ2n) is 15.0. The Bertz CT molecular complexity index is 3460. The number of benzene rings is 8. The van der Waals surface area contributed by atoms with Gasteiger partial charge in [0.05, 0.1) is 0 Å². The normalized spacial score (nSPS) is 12.6. The first-order valence-corrected chi connectivity index (χ1v) is 19.7. The second kappa shape index (κ2) is 13.0. The van der Waals surface area contributed by atoms with Crippen molar-refractivity contribution < 1.29 is 8.83 Å². The molecule has 0 saturated carbocycles. The standard InChI is InChI=1S/C53H33N3O2/c1-2-14-35-32(12-1)13-7-17-36(35)33-28-30-34(31-29-33)51-54-52(56-53(55-51)44-23-11-27-48-50(44)43-16-4-6-25-46(43)58-48)41-22-9-18-37-38(19-8-20-39(37)41)40-21-10-26-47-49(40)42-15-3-5-24-45(42)57-47/h2-11,13-31H,1,12H2. The van der Waals surface area contributed by atoms with Gasteiger partial charge in [-0.15, -0.1) is 0 Å². The molecule has 1 aliphatic rings. The van der Waals surface area contributed by atoms with Crippen LogP contribution in [-0.4, -0.2) is 15.0 Å². The summed E-state index contributed by atoms with van der Waals surface area (Å²) in [5, 5.41) is 6.38. The third kappa shape index (κ3) is 5.14. The molecule has 0 amide bonds. The highest BCUT2D eigenvalue weighted by atomic mass is 16.3. The summed E-state index contributed by atoms with van der Waals surface area (Å²) in [4.78, 5) is 15.8. The monoisotopic (exact) mass is 743 g/mol. The zero-order valence-electron chi connectivity index (χ0n) is 31.3. The summed E-state index contributed by atoms with van der Waals surface area (Å²) in [7, 11) is 0. The third-order valence-electron chi connectivity index (χ3n) is 11.6. The highest BCUT2D eigenvalue weighted by Gasteiger charge is 2.21. The van der Waals surface area contributed by atoms with E-state index < -0.39 is 0 Å². The van der Waals surface area contributed by atoms with E-state index in [4.69, 9.17) is 23.8 Å². The Morgan fingerprint density at radius 3 is 1.60 bits per heavy atom. The van der Waals surface area contributed by atoms with Crippen molar-refractivity contribution in [3.63, 3.8) is 0 Å². The predicted octanol–water partition coefficient (Wildman–Crippen LogP) is 14.1. The van der Waals surface area contributed by atoms with E-state index >= 15 is 0 Å². The Labute approximate surface area is 333 Å². The number of hydrogen-bond acceptors (Lipinski definition) is 5. The molecule has 0 atom stereocenters. The van der Waals surface area contributed by atoms with Crippen LogP contribution in [0, 0.1) is 0 Å². The van der Waals surface area contributed by atoms with Crippen molar-refractivity contribution in [2.24, 2.45) is 0 Å². The molecule has 0 spiro atoms. The SMILES string of the molecule is C1=Cc2c(cccc2-c2ccc(-c3nc(-c4cccc5c(-c6cccc7oc8ccccc8c67)cccc45)nc(-c4cccc5oc6ccccc6c45)n3)cc2)CC1. The number of aryl methyl sites for hydroxylation is 1. The van der Waals surface area contributed by atoms with Gasteiger partial charge in [-0.1, -0.05) is 152 Å². The average Bonchev–Trinajstić information content (AvgIpc) is 3.87. The van der Waals surface area contributed by atoms with Gasteiger partial charge in [-0.25, -0.2) is 15.0 Å². The minimum atomic E-state index is 0.589. The molecule has 5 heteroatoms. The quantitative estimate of drug-likeness (QED) is 0.176. The zero-order chi connectivity index (χ0) is 38.2. The van der Waals surface area contributed by atoms with E-state index in [1.54, 1.807) is 0 Å². The van der Waals surface area contributed by atoms with Crippen molar-refractivity contribution >= 4 is 60.7 Å². The Morgan fingerprint density at radius 1 is 0.362 bits per heavy atom. The Kier molecular flexibility index (Phi) is 7.29. The number of aromatic nitrogens is 3. The van der Waals surface area contributed by atoms with Crippen molar-refractivity contribution in [1.82, 2.24) is 15.0 Å². The van der Waals surface area contributed by atoms with Gasteiger partial charge in [0.15, 0.2) is 17.5 Å². The second-order valence-corrected chi connectivity index (χ2v) is 15.0. The minimum absolute atomic E-state index is 0.589. The van der Waals surface area contributed by atoms with Crippen molar-refractivity contribution in [1.29, 1.82) is 0 Å². The third-order valence-corrected chi connectivity index (χ3v) is 11.6. The van der Waals surface area contributed by atoms with Gasteiger partial charge in [0.1, 0.15) is 22.3 Å². The molecule has 3 aromatic heterocycles. The Hall–Kier alpha value is -7.63. The van der Waals surface area contributed by atoms with Crippen LogP contribution in [0.4, 0.5) is 0 Å². The number of fused-ring (bicyclic) bond motifs is 8. The van der Waals surface area contributed by atoms with Crippen LogP contribution in [0.1, 0.15) is 17.5 Å². The molecule has 272 valence electrons. The molecule has 8 aromatic carbocycles. The summed E-state index contributed by atoms with van der Waals surface area (Å²) >= 11 is 0. The molecule has 0 unspecified atom stereocenters. The van der Waals surface area contributed by atoms with Crippen LogP contribution in [0.2, 0.25) is 0 Å². The van der Waals surface area contributed by atoms with E-state index in [1.165, 1.54) is 22.3 Å². The molecule has 0 saturated heterocycles. The van der Waals surface area contributed by atoms with E-state index in [0.29, 0.717) is 17.5 Å². The van der Waals surface area contributed by atoms with Gasteiger partial charge >= 0.3 is 0 Å². The van der Waals surface area contributed by atoms with Gasteiger partial charge < -0.3 is 8.83 Å². The number of furan rings is 2. The molecule has 3 heterocycles. The Morgan fingerprint density at radius 2 is 0.862 bits per heavy atom. The first-order chi connectivity index (χ1) is 28.7.